The predicted molar refractivity (Wildman–Crippen MR) is 98.3 cm³/mol. The van der Waals surface area contributed by atoms with Crippen molar-refractivity contribution in [2.45, 2.75) is 4.90 Å². The number of methoxy groups -OCH3 is 1. The third kappa shape index (κ3) is 3.72. The number of benzene rings is 2. The van der Waals surface area contributed by atoms with Crippen LogP contribution in [0.5, 0.6) is 0 Å². The van der Waals surface area contributed by atoms with Crippen LogP contribution in [0.2, 0.25) is 0 Å². The van der Waals surface area contributed by atoms with Gasteiger partial charge in [-0.25, -0.2) is 13.2 Å². The Morgan fingerprint density at radius 3 is 2.36 bits per heavy atom. The maximum Gasteiger partial charge on any atom is 0.337 e. The van der Waals surface area contributed by atoms with E-state index in [0.29, 0.717) is 11.3 Å². The van der Waals surface area contributed by atoms with Crippen molar-refractivity contribution in [1.82, 2.24) is 0 Å². The van der Waals surface area contributed by atoms with Gasteiger partial charge in [0.15, 0.2) is 0 Å². The number of sulfonamides is 1. The van der Waals surface area contributed by atoms with Crippen LogP contribution in [-0.2, 0) is 14.8 Å². The van der Waals surface area contributed by atoms with Gasteiger partial charge in [0, 0.05) is 10.4 Å². The molecule has 1 aromatic heterocycles. The van der Waals surface area contributed by atoms with Gasteiger partial charge in [-0.15, -0.1) is 11.3 Å². The van der Waals surface area contributed by atoms with E-state index in [1.165, 1.54) is 42.7 Å². The van der Waals surface area contributed by atoms with Gasteiger partial charge < -0.3 is 4.74 Å². The highest BCUT2D eigenvalue weighted by atomic mass is 32.2. The summed E-state index contributed by atoms with van der Waals surface area (Å²) in [7, 11) is -2.50. The second-order valence-electron chi connectivity index (χ2n) is 5.14. The molecular formula is C18H15NO4S2. The first kappa shape index (κ1) is 17.2. The third-order valence-corrected chi connectivity index (χ3v) is 5.83. The SMILES string of the molecule is COC(=O)c1ccc(S(=O)(=O)Nc2ccccc2-c2cccs2)cc1. The molecule has 3 aromatic rings. The van der Waals surface area contributed by atoms with Crippen LogP contribution in [0.3, 0.4) is 0 Å². The first-order valence-electron chi connectivity index (χ1n) is 7.35. The normalized spacial score (nSPS) is 11.1. The molecule has 7 heteroatoms. The standard InChI is InChI=1S/C18H15NO4S2/c1-23-18(20)13-8-10-14(11-9-13)25(21,22)19-16-6-3-2-5-15(16)17-7-4-12-24-17/h2-12,19H,1H3. The van der Waals surface area contributed by atoms with Crippen molar-refractivity contribution in [3.8, 4) is 10.4 Å². The summed E-state index contributed by atoms with van der Waals surface area (Å²) in [4.78, 5) is 12.5. The van der Waals surface area contributed by atoms with E-state index in [-0.39, 0.29) is 4.90 Å². The maximum atomic E-state index is 12.7. The maximum absolute atomic E-state index is 12.7. The summed E-state index contributed by atoms with van der Waals surface area (Å²) < 4.78 is 32.5. The number of thiophene rings is 1. The highest BCUT2D eigenvalue weighted by Gasteiger charge is 2.17. The lowest BCUT2D eigenvalue weighted by Gasteiger charge is -2.12. The Morgan fingerprint density at radius 1 is 1.00 bits per heavy atom. The van der Waals surface area contributed by atoms with E-state index in [9.17, 15) is 13.2 Å². The molecule has 0 saturated heterocycles. The zero-order valence-electron chi connectivity index (χ0n) is 13.3. The molecule has 0 bridgehead atoms. The monoisotopic (exact) mass is 373 g/mol. The minimum atomic E-state index is -3.77. The fraction of sp³-hybridized carbons (Fsp3) is 0.0556. The quantitative estimate of drug-likeness (QED) is 0.686. The second-order valence-corrected chi connectivity index (χ2v) is 7.77. The molecule has 128 valence electrons. The van der Waals surface area contributed by atoms with Crippen molar-refractivity contribution in [3.05, 3.63) is 71.6 Å². The molecule has 0 unspecified atom stereocenters. The summed E-state index contributed by atoms with van der Waals surface area (Å²) >= 11 is 1.53. The zero-order chi connectivity index (χ0) is 17.9. The number of hydrogen-bond donors (Lipinski definition) is 1. The summed E-state index contributed by atoms with van der Waals surface area (Å²) in [5.41, 5.74) is 1.61. The van der Waals surface area contributed by atoms with Gasteiger partial charge >= 0.3 is 5.97 Å². The molecule has 1 heterocycles. The van der Waals surface area contributed by atoms with Crippen LogP contribution in [0, 0.1) is 0 Å². The van der Waals surface area contributed by atoms with Crippen molar-refractivity contribution in [2.24, 2.45) is 0 Å². The van der Waals surface area contributed by atoms with E-state index >= 15 is 0 Å². The lowest BCUT2D eigenvalue weighted by Crippen LogP contribution is -2.14. The predicted octanol–water partition coefficient (Wildman–Crippen LogP) is 4.00. The molecule has 2 aromatic carbocycles. The first-order valence-corrected chi connectivity index (χ1v) is 9.71. The zero-order valence-corrected chi connectivity index (χ0v) is 14.9. The number of ether oxygens (including phenoxy) is 1. The summed E-state index contributed by atoms with van der Waals surface area (Å²) in [6, 6.07) is 16.7. The molecule has 0 saturated carbocycles. The number of anilines is 1. The van der Waals surface area contributed by atoms with Crippen LogP contribution >= 0.6 is 11.3 Å². The molecule has 0 atom stereocenters. The Balaban J connectivity index is 1.91. The van der Waals surface area contributed by atoms with Crippen LogP contribution in [0.15, 0.2) is 70.9 Å². The largest absolute Gasteiger partial charge is 0.465 e. The van der Waals surface area contributed by atoms with Gasteiger partial charge in [-0.3, -0.25) is 4.72 Å². The van der Waals surface area contributed by atoms with Gasteiger partial charge in [-0.1, -0.05) is 24.3 Å². The Labute approximate surface area is 150 Å². The first-order chi connectivity index (χ1) is 12.0. The number of rotatable bonds is 5. The minimum Gasteiger partial charge on any atom is -0.465 e. The Kier molecular flexibility index (Phi) is 4.87. The number of hydrogen-bond acceptors (Lipinski definition) is 5. The summed E-state index contributed by atoms with van der Waals surface area (Å²) in [6.07, 6.45) is 0. The topological polar surface area (TPSA) is 72.5 Å². The number of carbonyl (C=O) groups excluding carboxylic acids is 1. The molecule has 0 amide bonds. The van der Waals surface area contributed by atoms with Crippen molar-refractivity contribution in [3.63, 3.8) is 0 Å². The fourth-order valence-electron chi connectivity index (χ4n) is 2.31. The molecule has 1 N–H and O–H groups in total. The summed E-state index contributed by atoms with van der Waals surface area (Å²) in [5, 5.41) is 1.94. The van der Waals surface area contributed by atoms with Crippen LogP contribution in [0.4, 0.5) is 5.69 Å². The van der Waals surface area contributed by atoms with E-state index in [4.69, 9.17) is 0 Å². The molecule has 0 aliphatic carbocycles. The van der Waals surface area contributed by atoms with Crippen LogP contribution in [-0.4, -0.2) is 21.5 Å². The van der Waals surface area contributed by atoms with E-state index in [0.717, 1.165) is 10.4 Å². The van der Waals surface area contributed by atoms with Gasteiger partial charge in [0.2, 0.25) is 0 Å². The minimum absolute atomic E-state index is 0.0705. The Morgan fingerprint density at radius 2 is 1.72 bits per heavy atom. The number of carbonyl (C=O) groups is 1. The van der Waals surface area contributed by atoms with Gasteiger partial charge in [0.05, 0.1) is 23.3 Å². The van der Waals surface area contributed by atoms with E-state index in [2.05, 4.69) is 9.46 Å². The Bertz CT molecular complexity index is 978. The molecule has 0 radical (unpaired) electrons. The molecule has 0 spiro atoms. The molecular weight excluding hydrogens is 358 g/mol. The Hall–Kier alpha value is -2.64. The average molecular weight is 373 g/mol. The number of para-hydroxylation sites is 1. The smallest absolute Gasteiger partial charge is 0.337 e. The van der Waals surface area contributed by atoms with Crippen LogP contribution in [0.25, 0.3) is 10.4 Å². The van der Waals surface area contributed by atoms with Gasteiger partial charge in [0.1, 0.15) is 0 Å². The van der Waals surface area contributed by atoms with E-state index in [1.54, 1.807) is 12.1 Å². The van der Waals surface area contributed by atoms with Gasteiger partial charge in [0.25, 0.3) is 10.0 Å². The lowest BCUT2D eigenvalue weighted by molar-refractivity contribution is 0.0600. The molecule has 25 heavy (non-hydrogen) atoms. The fourth-order valence-corrected chi connectivity index (χ4v) is 4.16. The highest BCUT2D eigenvalue weighted by Crippen LogP contribution is 2.32. The van der Waals surface area contributed by atoms with Gasteiger partial charge in [-0.05, 0) is 41.8 Å². The van der Waals surface area contributed by atoms with E-state index < -0.39 is 16.0 Å². The highest BCUT2D eigenvalue weighted by molar-refractivity contribution is 7.92. The van der Waals surface area contributed by atoms with Crippen molar-refractivity contribution >= 4 is 33.0 Å². The van der Waals surface area contributed by atoms with Crippen LogP contribution < -0.4 is 4.72 Å². The van der Waals surface area contributed by atoms with Crippen molar-refractivity contribution < 1.29 is 17.9 Å². The molecule has 3 rings (SSSR count). The number of nitrogens with one attached hydrogen (secondary N) is 1. The molecule has 0 aliphatic heterocycles. The molecule has 0 fully saturated rings. The van der Waals surface area contributed by atoms with Gasteiger partial charge in [-0.2, -0.15) is 0 Å². The van der Waals surface area contributed by atoms with Crippen LogP contribution in [0.1, 0.15) is 10.4 Å². The summed E-state index contributed by atoms with van der Waals surface area (Å²) in [5.74, 6) is -0.514. The van der Waals surface area contributed by atoms with E-state index in [1.807, 2.05) is 29.6 Å². The average Bonchev–Trinajstić information content (AvgIpc) is 3.16. The second kappa shape index (κ2) is 7.08. The van der Waals surface area contributed by atoms with Crippen molar-refractivity contribution in [2.75, 3.05) is 11.8 Å². The third-order valence-electron chi connectivity index (χ3n) is 3.54. The number of esters is 1. The lowest BCUT2D eigenvalue weighted by atomic mass is 10.1. The molecule has 0 aliphatic rings. The molecule has 5 nitrogen and oxygen atoms in total. The summed E-state index contributed by atoms with van der Waals surface area (Å²) in [6.45, 7) is 0. The van der Waals surface area contributed by atoms with Crippen molar-refractivity contribution in [1.29, 1.82) is 0 Å².